The van der Waals surface area contributed by atoms with Gasteiger partial charge in [0.05, 0.1) is 6.04 Å². The number of likely N-dealkylation sites (N-methyl/N-ethyl adjacent to an activating group) is 4. The summed E-state index contributed by atoms with van der Waals surface area (Å²) in [7, 11) is 7.99. The molecule has 9 nitrogen and oxygen atoms in total. The summed E-state index contributed by atoms with van der Waals surface area (Å²) in [5.41, 5.74) is 0.991. The number of hydrogen-bond acceptors (Lipinski definition) is 9. The van der Waals surface area contributed by atoms with Crippen molar-refractivity contribution < 1.29 is 18.0 Å². The first-order valence-electron chi connectivity index (χ1n) is 20.1. The number of alkyl halides is 3. The summed E-state index contributed by atoms with van der Waals surface area (Å²) >= 11 is 0. The fraction of sp³-hybridized carbons (Fsp3) is 0.976. The van der Waals surface area contributed by atoms with Gasteiger partial charge in [-0.2, -0.15) is 13.2 Å². The molecule has 0 aromatic carbocycles. The molecule has 0 radical (unpaired) electrons. The van der Waals surface area contributed by atoms with Gasteiger partial charge in [0.1, 0.15) is 11.8 Å². The van der Waals surface area contributed by atoms with E-state index in [1.54, 1.807) is 6.92 Å². The second kappa shape index (κ2) is 19.5. The number of nitrogens with zero attached hydrogens (tertiary/aromatic N) is 8. The van der Waals surface area contributed by atoms with Crippen molar-refractivity contribution in [2.75, 3.05) is 113 Å². The molecule has 0 N–H and O–H groups in total. The predicted molar refractivity (Wildman–Crippen MR) is 219 cm³/mol. The lowest BCUT2D eigenvalue weighted by molar-refractivity contribution is -0.197. The third-order valence-corrected chi connectivity index (χ3v) is 11.8. The second-order valence-electron chi connectivity index (χ2n) is 20.7. The molecule has 0 amide bonds. The summed E-state index contributed by atoms with van der Waals surface area (Å²) in [6, 6.07) is -1.24. The highest BCUT2D eigenvalue weighted by Crippen LogP contribution is 2.29. The van der Waals surface area contributed by atoms with Crippen LogP contribution in [0.25, 0.3) is 0 Å². The van der Waals surface area contributed by atoms with E-state index in [2.05, 4.69) is 120 Å². The van der Waals surface area contributed by atoms with Crippen molar-refractivity contribution in [2.45, 2.75) is 150 Å². The standard InChI is InChI=1S/C11H22N2O.C11H24N2.C10H19F3N2.C9H20N2/c1-9(14)10-8-13(11(2,3)4)7-6-12(10)5;1-10(2,3)13-8-7-12(6)11(4,5)9-13;1-9(2,3)15-6-5-14(4)8(7-15)10(11,12)13;1-9(2,3)11-7-5-10(4)6-8-11/h10H,6-8H2,1-5H3;7-9H2,1-6H3;8H,5-7H2,1-4H3;5-8H2,1-4H3. The maximum atomic E-state index is 12.7. The van der Waals surface area contributed by atoms with E-state index in [0.717, 1.165) is 19.6 Å². The summed E-state index contributed by atoms with van der Waals surface area (Å²) in [6.07, 6.45) is -4.13. The van der Waals surface area contributed by atoms with Gasteiger partial charge in [0.15, 0.2) is 0 Å². The monoisotopic (exact) mass is 763 g/mol. The van der Waals surface area contributed by atoms with Crippen LogP contribution < -0.4 is 0 Å². The quantitative estimate of drug-likeness (QED) is 0.330. The first-order valence-corrected chi connectivity index (χ1v) is 20.1. The highest BCUT2D eigenvalue weighted by Gasteiger charge is 2.46. The number of hydrogen-bond donors (Lipinski definition) is 0. The number of piperazine rings is 4. The van der Waals surface area contributed by atoms with Gasteiger partial charge in [-0.15, -0.1) is 0 Å². The Hall–Kier alpha value is -0.860. The Kier molecular flexibility index (Phi) is 18.5. The predicted octanol–water partition coefficient (Wildman–Crippen LogP) is 5.80. The fourth-order valence-electron chi connectivity index (χ4n) is 7.05. The molecule has 4 saturated heterocycles. The Morgan fingerprint density at radius 2 is 0.906 bits per heavy atom. The number of Topliss-reactive ketones (excluding diaryl/α,β-unsaturated/α-hetero) is 1. The summed E-state index contributed by atoms with van der Waals surface area (Å²) < 4.78 is 38.1. The smallest absolute Gasteiger partial charge is 0.304 e. The second-order valence-corrected chi connectivity index (χ2v) is 20.7. The van der Waals surface area contributed by atoms with E-state index in [1.807, 2.05) is 32.7 Å². The van der Waals surface area contributed by atoms with Crippen LogP contribution in [-0.2, 0) is 4.79 Å². The Labute approximate surface area is 325 Å². The van der Waals surface area contributed by atoms with E-state index < -0.39 is 12.2 Å². The van der Waals surface area contributed by atoms with Crippen LogP contribution in [0.4, 0.5) is 13.2 Å². The first-order chi connectivity index (χ1) is 23.7. The molecule has 0 aromatic heterocycles. The summed E-state index contributed by atoms with van der Waals surface area (Å²) in [4.78, 5) is 29.2. The van der Waals surface area contributed by atoms with Crippen molar-refractivity contribution in [2.24, 2.45) is 0 Å². The molecular formula is C41H85F3N8O. The highest BCUT2D eigenvalue weighted by molar-refractivity contribution is 5.81. The fourth-order valence-corrected chi connectivity index (χ4v) is 7.05. The summed E-state index contributed by atoms with van der Waals surface area (Å²) in [5.74, 6) is 0.279. The molecule has 12 heteroatoms. The lowest BCUT2D eigenvalue weighted by Crippen LogP contribution is -2.61. The SMILES string of the molecule is CC(=O)C1CN(C(C)(C)C)CCN1C.CN1CCN(C(C)(C)C)CC1.CN1CCN(C(C)(C)C)CC1(C)C.CN1CCN(C(C)(C)C)CC1C(F)(F)F. The van der Waals surface area contributed by atoms with Crippen molar-refractivity contribution in [3.8, 4) is 0 Å². The molecule has 2 atom stereocenters. The van der Waals surface area contributed by atoms with E-state index in [4.69, 9.17) is 0 Å². The van der Waals surface area contributed by atoms with Crippen LogP contribution in [0.2, 0.25) is 0 Å². The lowest BCUT2D eigenvalue weighted by Gasteiger charge is -2.50. The molecule has 4 rings (SSSR count). The topological polar surface area (TPSA) is 43.0 Å². The molecule has 4 fully saturated rings. The number of carbonyl (C=O) groups excluding carboxylic acids is 1. The zero-order chi connectivity index (χ0) is 41.5. The van der Waals surface area contributed by atoms with Crippen LogP contribution in [0.3, 0.4) is 0 Å². The zero-order valence-electron chi connectivity index (χ0n) is 38.0. The van der Waals surface area contributed by atoms with E-state index in [1.165, 1.54) is 57.8 Å². The van der Waals surface area contributed by atoms with Crippen molar-refractivity contribution in [3.05, 3.63) is 0 Å². The molecule has 4 aliphatic rings. The van der Waals surface area contributed by atoms with Gasteiger partial charge in [0, 0.05) is 113 Å². The van der Waals surface area contributed by atoms with Crippen LogP contribution in [0.1, 0.15) is 104 Å². The maximum Gasteiger partial charge on any atom is 0.405 e. The van der Waals surface area contributed by atoms with Gasteiger partial charge in [-0.3, -0.25) is 39.1 Å². The number of halogens is 3. The van der Waals surface area contributed by atoms with Gasteiger partial charge in [0.25, 0.3) is 0 Å². The molecule has 4 heterocycles. The van der Waals surface area contributed by atoms with Crippen molar-refractivity contribution >= 4 is 5.78 Å². The Balaban J connectivity index is 0.000000355. The minimum atomic E-state index is -4.13. The highest BCUT2D eigenvalue weighted by atomic mass is 19.4. The molecule has 316 valence electrons. The summed E-state index contributed by atoms with van der Waals surface area (Å²) in [5, 5.41) is 0. The Morgan fingerprint density at radius 1 is 0.528 bits per heavy atom. The average Bonchev–Trinajstić information content (AvgIpc) is 2.97. The molecule has 53 heavy (non-hydrogen) atoms. The molecule has 0 aromatic rings. The molecule has 0 spiro atoms. The normalized spacial score (nSPS) is 26.1. The van der Waals surface area contributed by atoms with Gasteiger partial charge in [-0.05, 0) is 132 Å². The van der Waals surface area contributed by atoms with Gasteiger partial charge < -0.3 is 4.90 Å². The van der Waals surface area contributed by atoms with E-state index >= 15 is 0 Å². The van der Waals surface area contributed by atoms with Crippen molar-refractivity contribution in [1.29, 1.82) is 0 Å². The Bertz CT molecular complexity index is 1080. The molecule has 4 aliphatic heterocycles. The van der Waals surface area contributed by atoms with Crippen LogP contribution in [-0.4, -0.2) is 204 Å². The van der Waals surface area contributed by atoms with Gasteiger partial charge in [-0.25, -0.2) is 0 Å². The number of rotatable bonds is 1. The van der Waals surface area contributed by atoms with Gasteiger partial charge in [0.2, 0.25) is 0 Å². The van der Waals surface area contributed by atoms with E-state index in [9.17, 15) is 18.0 Å². The molecule has 0 aliphatic carbocycles. The summed E-state index contributed by atoms with van der Waals surface area (Å²) in [6.45, 7) is 45.2. The molecular weight excluding hydrogens is 678 g/mol. The largest absolute Gasteiger partial charge is 0.405 e. The van der Waals surface area contributed by atoms with Crippen LogP contribution in [0.5, 0.6) is 0 Å². The van der Waals surface area contributed by atoms with Crippen LogP contribution in [0, 0.1) is 0 Å². The average molecular weight is 763 g/mol. The zero-order valence-corrected chi connectivity index (χ0v) is 38.0. The number of ketones is 1. The van der Waals surface area contributed by atoms with Crippen LogP contribution in [0.15, 0.2) is 0 Å². The molecule has 0 saturated carbocycles. The third-order valence-electron chi connectivity index (χ3n) is 11.8. The third kappa shape index (κ3) is 17.0. The van der Waals surface area contributed by atoms with Crippen molar-refractivity contribution in [1.82, 2.24) is 39.2 Å². The maximum absolute atomic E-state index is 12.7. The Morgan fingerprint density at radius 3 is 1.28 bits per heavy atom. The number of carbonyl (C=O) groups is 1. The first kappa shape index (κ1) is 50.2. The van der Waals surface area contributed by atoms with Crippen LogP contribution >= 0.6 is 0 Å². The van der Waals surface area contributed by atoms with Gasteiger partial charge >= 0.3 is 6.18 Å². The minimum absolute atomic E-state index is 0.0729. The van der Waals surface area contributed by atoms with E-state index in [0.29, 0.717) is 29.7 Å². The molecule has 2 unspecified atom stereocenters. The van der Waals surface area contributed by atoms with Crippen molar-refractivity contribution in [3.63, 3.8) is 0 Å². The van der Waals surface area contributed by atoms with Gasteiger partial charge in [-0.1, -0.05) is 0 Å². The lowest BCUT2D eigenvalue weighted by atomic mass is 9.95. The molecule has 0 bridgehead atoms. The van der Waals surface area contributed by atoms with E-state index in [-0.39, 0.29) is 29.4 Å². The minimum Gasteiger partial charge on any atom is -0.304 e.